The van der Waals surface area contributed by atoms with E-state index < -0.39 is 0 Å². The van der Waals surface area contributed by atoms with Crippen molar-refractivity contribution in [3.63, 3.8) is 0 Å². The van der Waals surface area contributed by atoms with Crippen LogP contribution in [0.25, 0.3) is 0 Å². The van der Waals surface area contributed by atoms with Gasteiger partial charge in [0.15, 0.2) is 5.11 Å². The lowest BCUT2D eigenvalue weighted by molar-refractivity contribution is 0.0976. The van der Waals surface area contributed by atoms with E-state index in [1.165, 1.54) is 6.42 Å². The maximum absolute atomic E-state index is 11.8. The number of thiocarbonyl (C=S) groups is 1. The summed E-state index contributed by atoms with van der Waals surface area (Å²) in [6.07, 6.45) is 2.36. The number of benzene rings is 1. The summed E-state index contributed by atoms with van der Waals surface area (Å²) in [5.74, 6) is -0.174. The summed E-state index contributed by atoms with van der Waals surface area (Å²) < 4.78 is 0. The fraction of sp³-hybridized carbons (Fsp3) is 0.385. The number of nitrogens with one attached hydrogen (secondary N) is 3. The van der Waals surface area contributed by atoms with Gasteiger partial charge in [-0.25, -0.2) is 0 Å². The molecule has 1 aromatic rings. The molecular formula is C13H17N3OS. The molecule has 96 valence electrons. The van der Waals surface area contributed by atoms with Crippen LogP contribution >= 0.6 is 12.2 Å². The largest absolute Gasteiger partial charge is 0.361 e. The monoisotopic (exact) mass is 263 g/mol. The number of carbonyl (C=O) groups excluding carboxylic acids is 1. The van der Waals surface area contributed by atoms with Crippen LogP contribution < -0.4 is 16.0 Å². The molecule has 1 saturated heterocycles. The highest BCUT2D eigenvalue weighted by molar-refractivity contribution is 7.80. The van der Waals surface area contributed by atoms with Crippen molar-refractivity contribution >= 4 is 23.2 Å². The van der Waals surface area contributed by atoms with Crippen LogP contribution in [0.3, 0.4) is 0 Å². The van der Waals surface area contributed by atoms with Crippen LogP contribution in [0.2, 0.25) is 0 Å². The molecule has 2 rings (SSSR count). The van der Waals surface area contributed by atoms with Gasteiger partial charge in [-0.1, -0.05) is 18.2 Å². The van der Waals surface area contributed by atoms with E-state index in [1.54, 1.807) is 12.1 Å². The topological polar surface area (TPSA) is 53.2 Å². The summed E-state index contributed by atoms with van der Waals surface area (Å²) in [4.78, 5) is 11.8. The first-order valence-corrected chi connectivity index (χ1v) is 6.54. The van der Waals surface area contributed by atoms with Gasteiger partial charge in [-0.3, -0.25) is 10.1 Å². The minimum Gasteiger partial charge on any atom is -0.361 e. The normalized spacial score (nSPS) is 18.3. The van der Waals surface area contributed by atoms with Gasteiger partial charge in [0.1, 0.15) is 0 Å². The highest BCUT2D eigenvalue weighted by atomic mass is 32.1. The Balaban J connectivity index is 1.75. The Kier molecular flexibility index (Phi) is 4.66. The van der Waals surface area contributed by atoms with Crippen molar-refractivity contribution in [3.8, 4) is 0 Å². The van der Waals surface area contributed by atoms with Crippen molar-refractivity contribution in [2.24, 2.45) is 0 Å². The summed E-state index contributed by atoms with van der Waals surface area (Å²) in [7, 11) is 0. The van der Waals surface area contributed by atoms with Crippen molar-refractivity contribution in [2.45, 2.75) is 18.9 Å². The van der Waals surface area contributed by atoms with Crippen LogP contribution in [0.15, 0.2) is 30.3 Å². The van der Waals surface area contributed by atoms with E-state index in [0.29, 0.717) is 16.7 Å². The van der Waals surface area contributed by atoms with Crippen molar-refractivity contribution < 1.29 is 4.79 Å². The molecule has 3 N–H and O–H groups in total. The second-order valence-electron chi connectivity index (χ2n) is 4.32. The second kappa shape index (κ2) is 6.47. The fourth-order valence-electron chi connectivity index (χ4n) is 1.96. The molecule has 1 atom stereocenters. The van der Waals surface area contributed by atoms with E-state index in [-0.39, 0.29) is 5.91 Å². The number of amides is 1. The summed E-state index contributed by atoms with van der Waals surface area (Å²) in [6.45, 7) is 1.82. The Bertz CT molecular complexity index is 416. The molecule has 1 amide bonds. The molecule has 1 aromatic carbocycles. The average Bonchev–Trinajstić information content (AvgIpc) is 2.90. The van der Waals surface area contributed by atoms with Gasteiger partial charge in [0, 0.05) is 18.2 Å². The maximum atomic E-state index is 11.8. The minimum absolute atomic E-state index is 0.174. The number of hydrogen-bond acceptors (Lipinski definition) is 3. The lowest BCUT2D eigenvalue weighted by atomic mass is 10.2. The third-order valence-electron chi connectivity index (χ3n) is 2.93. The summed E-state index contributed by atoms with van der Waals surface area (Å²) in [5.41, 5.74) is 0.612. The molecule has 0 spiro atoms. The SMILES string of the molecule is O=C(NC(=S)NC[C@@H]1CCCN1)c1ccccc1. The highest BCUT2D eigenvalue weighted by Crippen LogP contribution is 2.03. The molecule has 1 aliphatic heterocycles. The Morgan fingerprint density at radius 2 is 2.17 bits per heavy atom. The van der Waals surface area contributed by atoms with Crippen LogP contribution in [-0.4, -0.2) is 30.2 Å². The Labute approximate surface area is 112 Å². The summed E-state index contributed by atoms with van der Waals surface area (Å²) >= 11 is 5.09. The van der Waals surface area contributed by atoms with E-state index in [2.05, 4.69) is 16.0 Å². The maximum Gasteiger partial charge on any atom is 0.257 e. The van der Waals surface area contributed by atoms with E-state index in [1.807, 2.05) is 18.2 Å². The zero-order valence-corrected chi connectivity index (χ0v) is 10.9. The first-order valence-electron chi connectivity index (χ1n) is 6.13. The van der Waals surface area contributed by atoms with Crippen LogP contribution in [0.5, 0.6) is 0 Å². The average molecular weight is 263 g/mol. The van der Waals surface area contributed by atoms with Gasteiger partial charge in [-0.05, 0) is 43.7 Å². The molecule has 18 heavy (non-hydrogen) atoms. The summed E-state index contributed by atoms with van der Waals surface area (Å²) in [6, 6.07) is 9.50. The Hall–Kier alpha value is -1.46. The van der Waals surface area contributed by atoms with Gasteiger partial charge >= 0.3 is 0 Å². The zero-order valence-electron chi connectivity index (χ0n) is 10.1. The number of rotatable bonds is 3. The molecule has 0 bridgehead atoms. The van der Waals surface area contributed by atoms with E-state index in [9.17, 15) is 4.79 Å². The quantitative estimate of drug-likeness (QED) is 0.713. The van der Waals surface area contributed by atoms with Gasteiger partial charge in [-0.15, -0.1) is 0 Å². The summed E-state index contributed by atoms with van der Waals surface area (Å²) in [5, 5.41) is 9.48. The van der Waals surface area contributed by atoms with Crippen LogP contribution in [0.4, 0.5) is 0 Å². The predicted octanol–water partition coefficient (Wildman–Crippen LogP) is 1.04. The molecule has 1 heterocycles. The van der Waals surface area contributed by atoms with Crippen molar-refractivity contribution in [1.82, 2.24) is 16.0 Å². The van der Waals surface area contributed by atoms with Gasteiger partial charge < -0.3 is 10.6 Å². The van der Waals surface area contributed by atoms with E-state index >= 15 is 0 Å². The third-order valence-corrected chi connectivity index (χ3v) is 3.18. The molecule has 4 nitrogen and oxygen atoms in total. The third kappa shape index (κ3) is 3.78. The predicted molar refractivity (Wildman–Crippen MR) is 75.5 cm³/mol. The smallest absolute Gasteiger partial charge is 0.257 e. The molecule has 0 radical (unpaired) electrons. The molecule has 5 heteroatoms. The first kappa shape index (κ1) is 13.0. The molecule has 0 aliphatic carbocycles. The van der Waals surface area contributed by atoms with Gasteiger partial charge in [-0.2, -0.15) is 0 Å². The zero-order chi connectivity index (χ0) is 12.8. The van der Waals surface area contributed by atoms with Gasteiger partial charge in [0.25, 0.3) is 5.91 Å². The van der Waals surface area contributed by atoms with Crippen molar-refractivity contribution in [2.75, 3.05) is 13.1 Å². The van der Waals surface area contributed by atoms with Crippen LogP contribution in [0.1, 0.15) is 23.2 Å². The highest BCUT2D eigenvalue weighted by Gasteiger charge is 2.14. The molecule has 0 unspecified atom stereocenters. The second-order valence-corrected chi connectivity index (χ2v) is 4.73. The van der Waals surface area contributed by atoms with Gasteiger partial charge in [0.05, 0.1) is 0 Å². The van der Waals surface area contributed by atoms with Crippen LogP contribution in [-0.2, 0) is 0 Å². The lowest BCUT2D eigenvalue weighted by Gasteiger charge is -2.13. The van der Waals surface area contributed by atoms with Gasteiger partial charge in [0.2, 0.25) is 0 Å². The first-order chi connectivity index (χ1) is 8.75. The van der Waals surface area contributed by atoms with Crippen LogP contribution in [0, 0.1) is 0 Å². The van der Waals surface area contributed by atoms with Crippen molar-refractivity contribution in [3.05, 3.63) is 35.9 Å². The molecule has 1 fully saturated rings. The molecule has 0 saturated carbocycles. The number of carbonyl (C=O) groups is 1. The van der Waals surface area contributed by atoms with Crippen molar-refractivity contribution in [1.29, 1.82) is 0 Å². The standard InChI is InChI=1S/C13H17N3OS/c17-12(10-5-2-1-3-6-10)16-13(18)15-9-11-7-4-8-14-11/h1-3,5-6,11,14H,4,7-9H2,(H2,15,16,17,18)/t11-/m0/s1. The Morgan fingerprint density at radius 1 is 1.39 bits per heavy atom. The molecule has 1 aliphatic rings. The minimum atomic E-state index is -0.174. The fourth-order valence-corrected chi connectivity index (χ4v) is 2.13. The Morgan fingerprint density at radius 3 is 2.83 bits per heavy atom. The molecule has 0 aromatic heterocycles. The van der Waals surface area contributed by atoms with E-state index in [4.69, 9.17) is 12.2 Å². The lowest BCUT2D eigenvalue weighted by Crippen LogP contribution is -2.44. The number of hydrogen-bond donors (Lipinski definition) is 3. The van der Waals surface area contributed by atoms with E-state index in [0.717, 1.165) is 19.5 Å². The molecular weight excluding hydrogens is 246 g/mol.